The number of fused-ring (bicyclic) bond motifs is 6. The van der Waals surface area contributed by atoms with Crippen molar-refractivity contribution >= 4 is 21.7 Å². The highest BCUT2D eigenvalue weighted by Crippen LogP contribution is 2.57. The van der Waals surface area contributed by atoms with Crippen molar-refractivity contribution < 1.29 is 0 Å². The summed E-state index contributed by atoms with van der Waals surface area (Å²) in [5.74, 6) is 0.663. The van der Waals surface area contributed by atoms with E-state index in [1.54, 1.807) is 0 Å². The lowest BCUT2D eigenvalue weighted by molar-refractivity contribution is 0.769. The van der Waals surface area contributed by atoms with Gasteiger partial charge in [-0.05, 0) is 80.2 Å². The lowest BCUT2D eigenvalue weighted by atomic mass is 9.67. The van der Waals surface area contributed by atoms with Gasteiger partial charge in [0.25, 0.3) is 0 Å². The van der Waals surface area contributed by atoms with Crippen LogP contribution in [0.15, 0.2) is 237 Å². The molecule has 0 amide bonds. The first kappa shape index (κ1) is 36.6. The predicted octanol–water partition coefficient (Wildman–Crippen LogP) is 14.9. The lowest BCUT2D eigenvalue weighted by Gasteiger charge is -2.34. The molecule has 0 unspecified atom stereocenters. The van der Waals surface area contributed by atoms with Gasteiger partial charge in [0, 0.05) is 33.0 Å². The molecule has 2 aromatic heterocycles. The van der Waals surface area contributed by atoms with E-state index in [2.05, 4.69) is 224 Å². The number of aromatic nitrogens is 3. The van der Waals surface area contributed by atoms with E-state index in [9.17, 15) is 0 Å². The summed E-state index contributed by atoms with van der Waals surface area (Å²) in [6.45, 7) is 0. The highest BCUT2D eigenvalue weighted by Gasteiger charge is 2.46. The van der Waals surface area contributed by atoms with Crippen LogP contribution >= 0.6 is 0 Å². The normalized spacial score (nSPS) is 12.6. The Balaban J connectivity index is 1.06. The quantitative estimate of drug-likeness (QED) is 0.151. The van der Waals surface area contributed by atoms with Crippen LogP contribution < -0.4 is 0 Å². The number of para-hydroxylation sites is 1. The molecule has 63 heavy (non-hydrogen) atoms. The summed E-state index contributed by atoms with van der Waals surface area (Å²) in [5.41, 5.74) is 17.0. The van der Waals surface area contributed by atoms with Crippen molar-refractivity contribution in [2.45, 2.75) is 5.41 Å². The first-order valence-electron chi connectivity index (χ1n) is 21.5. The molecule has 3 nitrogen and oxygen atoms in total. The van der Waals surface area contributed by atoms with Crippen LogP contribution in [0, 0.1) is 0 Å². The summed E-state index contributed by atoms with van der Waals surface area (Å²) in [6.07, 6.45) is 0. The van der Waals surface area contributed by atoms with Crippen LogP contribution in [0.4, 0.5) is 0 Å². The number of rotatable bonds is 7. The summed E-state index contributed by atoms with van der Waals surface area (Å²) in [7, 11) is 0. The van der Waals surface area contributed by atoms with Gasteiger partial charge in [-0.25, -0.2) is 15.0 Å². The van der Waals surface area contributed by atoms with E-state index < -0.39 is 5.41 Å². The van der Waals surface area contributed by atoms with Gasteiger partial charge < -0.3 is 0 Å². The van der Waals surface area contributed by atoms with Crippen molar-refractivity contribution in [2.24, 2.45) is 0 Å². The third-order valence-electron chi connectivity index (χ3n) is 12.8. The maximum Gasteiger partial charge on any atom is 0.160 e. The van der Waals surface area contributed by atoms with Crippen molar-refractivity contribution in [2.75, 3.05) is 0 Å². The molecule has 1 aliphatic carbocycles. The number of benzene rings is 9. The Morgan fingerprint density at radius 3 is 1.51 bits per heavy atom. The minimum Gasteiger partial charge on any atom is -0.247 e. The fourth-order valence-electron chi connectivity index (χ4n) is 9.86. The zero-order chi connectivity index (χ0) is 41.7. The molecule has 0 saturated carbocycles. The second kappa shape index (κ2) is 15.0. The predicted molar refractivity (Wildman–Crippen MR) is 259 cm³/mol. The van der Waals surface area contributed by atoms with Crippen LogP contribution in [-0.2, 0) is 5.41 Å². The van der Waals surface area contributed by atoms with E-state index in [1.807, 2.05) is 12.1 Å². The number of hydrogen-bond donors (Lipinski definition) is 0. The van der Waals surface area contributed by atoms with Crippen LogP contribution in [0.25, 0.3) is 89.1 Å². The van der Waals surface area contributed by atoms with Gasteiger partial charge >= 0.3 is 0 Å². The zero-order valence-corrected chi connectivity index (χ0v) is 34.4. The Morgan fingerprint density at radius 2 is 0.810 bits per heavy atom. The summed E-state index contributed by atoms with van der Waals surface area (Å²) in [4.78, 5) is 16.0. The fourth-order valence-corrected chi connectivity index (χ4v) is 9.86. The van der Waals surface area contributed by atoms with Gasteiger partial charge in [0.2, 0.25) is 0 Å². The van der Waals surface area contributed by atoms with Gasteiger partial charge in [0.1, 0.15) is 0 Å². The molecule has 0 saturated heterocycles. The summed E-state index contributed by atoms with van der Waals surface area (Å²) in [6, 6.07) is 84.6. The third-order valence-corrected chi connectivity index (χ3v) is 12.8. The molecule has 1 aliphatic rings. The largest absolute Gasteiger partial charge is 0.247 e. The second-order valence-electron chi connectivity index (χ2n) is 16.3. The van der Waals surface area contributed by atoms with E-state index in [4.69, 9.17) is 15.0 Å². The van der Waals surface area contributed by atoms with Gasteiger partial charge in [0.05, 0.1) is 28.0 Å². The Labute approximate surface area is 366 Å². The Hall–Kier alpha value is -8.27. The van der Waals surface area contributed by atoms with Crippen molar-refractivity contribution in [3.05, 3.63) is 259 Å². The molecular weight excluding hydrogens is 763 g/mol. The van der Waals surface area contributed by atoms with E-state index >= 15 is 0 Å². The van der Waals surface area contributed by atoms with Crippen molar-refractivity contribution in [3.63, 3.8) is 0 Å². The molecule has 0 N–H and O–H groups in total. The van der Waals surface area contributed by atoms with Crippen LogP contribution in [0.1, 0.15) is 22.3 Å². The highest BCUT2D eigenvalue weighted by molar-refractivity contribution is 6.13. The van der Waals surface area contributed by atoms with E-state index in [0.717, 1.165) is 55.6 Å². The Morgan fingerprint density at radius 1 is 0.286 bits per heavy atom. The Bertz CT molecular complexity index is 3430. The average molecular weight is 802 g/mol. The summed E-state index contributed by atoms with van der Waals surface area (Å²) in [5, 5.41) is 3.41. The topological polar surface area (TPSA) is 38.7 Å². The molecule has 3 heteroatoms. The molecule has 294 valence electrons. The third kappa shape index (κ3) is 6.08. The first-order chi connectivity index (χ1) is 31.2. The lowest BCUT2D eigenvalue weighted by Crippen LogP contribution is -2.28. The van der Waals surface area contributed by atoms with Crippen LogP contribution in [-0.4, -0.2) is 15.0 Å². The smallest absolute Gasteiger partial charge is 0.160 e. The van der Waals surface area contributed by atoms with E-state index in [-0.39, 0.29) is 0 Å². The minimum atomic E-state index is -0.506. The standard InChI is InChI=1S/C60H39N3/c1-5-18-40(19-6-1)41-32-34-43(35-33-41)57-39-56(42-20-7-2-8-21-42)62-59(63-57)45-23-17-22-44(36-45)58-52-37-51-48-28-13-15-30-53(48)60(46-24-9-3-10-25-46,47-26-11-4-12-27-47)54(51)38-50(52)49-29-14-16-31-55(49)61-58/h1-39H. The monoisotopic (exact) mass is 801 g/mol. The number of nitrogens with zero attached hydrogens (tertiary/aromatic N) is 3. The molecule has 0 radical (unpaired) electrons. The zero-order valence-electron chi connectivity index (χ0n) is 34.4. The fraction of sp³-hybridized carbons (Fsp3) is 0.0167. The maximum atomic E-state index is 5.47. The molecule has 0 fully saturated rings. The van der Waals surface area contributed by atoms with Gasteiger partial charge in [0.15, 0.2) is 5.82 Å². The Kier molecular flexibility index (Phi) is 8.72. The second-order valence-corrected chi connectivity index (χ2v) is 16.3. The molecule has 0 bridgehead atoms. The van der Waals surface area contributed by atoms with Crippen molar-refractivity contribution in [3.8, 4) is 67.4 Å². The van der Waals surface area contributed by atoms with Crippen LogP contribution in [0.5, 0.6) is 0 Å². The van der Waals surface area contributed by atoms with E-state index in [1.165, 1.54) is 49.9 Å². The van der Waals surface area contributed by atoms with Gasteiger partial charge in [-0.15, -0.1) is 0 Å². The van der Waals surface area contributed by atoms with Gasteiger partial charge in [-0.2, -0.15) is 0 Å². The molecule has 11 aromatic rings. The maximum absolute atomic E-state index is 5.47. The van der Waals surface area contributed by atoms with Crippen molar-refractivity contribution in [1.82, 2.24) is 15.0 Å². The molecule has 0 spiro atoms. The van der Waals surface area contributed by atoms with Crippen molar-refractivity contribution in [1.29, 1.82) is 0 Å². The number of pyridine rings is 1. The molecule has 0 atom stereocenters. The molecule has 0 aliphatic heterocycles. The van der Waals surface area contributed by atoms with E-state index in [0.29, 0.717) is 5.82 Å². The molecule has 9 aromatic carbocycles. The molecule has 2 heterocycles. The summed E-state index contributed by atoms with van der Waals surface area (Å²) < 4.78 is 0. The average Bonchev–Trinajstić information content (AvgIpc) is 3.66. The van der Waals surface area contributed by atoms with Crippen LogP contribution in [0.2, 0.25) is 0 Å². The molecular formula is C60H39N3. The van der Waals surface area contributed by atoms with Crippen LogP contribution in [0.3, 0.4) is 0 Å². The number of hydrogen-bond acceptors (Lipinski definition) is 3. The molecule has 12 rings (SSSR count). The summed E-state index contributed by atoms with van der Waals surface area (Å²) >= 11 is 0. The van der Waals surface area contributed by atoms with Gasteiger partial charge in [-0.1, -0.05) is 206 Å². The first-order valence-corrected chi connectivity index (χ1v) is 21.5. The van der Waals surface area contributed by atoms with Gasteiger partial charge in [-0.3, -0.25) is 0 Å². The minimum absolute atomic E-state index is 0.506. The highest BCUT2D eigenvalue weighted by atomic mass is 14.9. The SMILES string of the molecule is c1ccc(-c2ccc(-c3cc(-c4ccccc4)nc(-c4cccc(-c5nc6ccccc6c6cc7c(cc56)-c5ccccc5C7(c5ccccc5)c5ccccc5)c4)n3)cc2)cc1.